The number of ether oxygens (including phenoxy) is 2. The van der Waals surface area contributed by atoms with Crippen molar-refractivity contribution in [2.75, 3.05) is 32.9 Å². The standard InChI is InChI=1S/C10H23FN3O3P/c1-10(2,8(11)7-13-9(12)15)17-6-5-16-4-3-14-18/h8,14H,3-7,18H2,1-2H3,(H3,12,13,15). The number of carbonyl (C=O) groups is 1. The summed E-state index contributed by atoms with van der Waals surface area (Å²) >= 11 is 0. The van der Waals surface area contributed by atoms with Crippen molar-refractivity contribution in [2.24, 2.45) is 5.73 Å². The van der Waals surface area contributed by atoms with Crippen LogP contribution < -0.4 is 16.1 Å². The van der Waals surface area contributed by atoms with Crippen LogP contribution in [0.4, 0.5) is 9.18 Å². The zero-order valence-electron chi connectivity index (χ0n) is 10.9. The van der Waals surface area contributed by atoms with Crippen LogP contribution in [0.5, 0.6) is 0 Å². The van der Waals surface area contributed by atoms with Gasteiger partial charge in [0.05, 0.1) is 32.0 Å². The minimum Gasteiger partial charge on any atom is -0.378 e. The normalized spacial score (nSPS) is 13.3. The van der Waals surface area contributed by atoms with E-state index in [4.69, 9.17) is 15.2 Å². The zero-order valence-corrected chi connectivity index (χ0v) is 12.0. The third-order valence-electron chi connectivity index (χ3n) is 2.30. The molecule has 2 unspecified atom stereocenters. The van der Waals surface area contributed by atoms with E-state index in [-0.39, 0.29) is 6.54 Å². The first-order valence-electron chi connectivity index (χ1n) is 5.72. The molecule has 0 heterocycles. The summed E-state index contributed by atoms with van der Waals surface area (Å²) in [5.41, 5.74) is 3.87. The fourth-order valence-corrected chi connectivity index (χ4v) is 1.24. The summed E-state index contributed by atoms with van der Waals surface area (Å²) in [5.74, 6) is 0. The van der Waals surface area contributed by atoms with Crippen LogP contribution >= 0.6 is 9.39 Å². The number of hydrogen-bond acceptors (Lipinski definition) is 4. The fraction of sp³-hybridized carbons (Fsp3) is 0.900. The van der Waals surface area contributed by atoms with Crippen LogP contribution in [0.25, 0.3) is 0 Å². The first kappa shape index (κ1) is 17.5. The molecular formula is C10H23FN3O3P. The lowest BCUT2D eigenvalue weighted by atomic mass is 10.0. The number of primary amides is 1. The highest BCUT2D eigenvalue weighted by Gasteiger charge is 2.30. The van der Waals surface area contributed by atoms with Crippen LogP contribution in [-0.4, -0.2) is 50.7 Å². The van der Waals surface area contributed by atoms with Crippen molar-refractivity contribution in [3.63, 3.8) is 0 Å². The minimum absolute atomic E-state index is 0.166. The van der Waals surface area contributed by atoms with Crippen LogP contribution in [0, 0.1) is 0 Å². The monoisotopic (exact) mass is 283 g/mol. The number of nitrogens with one attached hydrogen (secondary N) is 2. The molecule has 2 amide bonds. The molecule has 2 atom stereocenters. The van der Waals surface area contributed by atoms with Crippen molar-refractivity contribution in [2.45, 2.75) is 25.6 Å². The Balaban J connectivity index is 3.73. The number of carbonyl (C=O) groups excluding carboxylic acids is 1. The lowest BCUT2D eigenvalue weighted by Crippen LogP contribution is -2.45. The second kappa shape index (κ2) is 9.44. The molecule has 18 heavy (non-hydrogen) atoms. The average Bonchev–Trinajstić information content (AvgIpc) is 2.30. The first-order valence-corrected chi connectivity index (χ1v) is 6.30. The molecule has 0 rings (SSSR count). The van der Waals surface area contributed by atoms with E-state index in [1.54, 1.807) is 13.8 Å². The summed E-state index contributed by atoms with van der Waals surface area (Å²) in [6.07, 6.45) is -1.33. The van der Waals surface area contributed by atoms with E-state index in [1.165, 1.54) is 0 Å². The molecule has 0 spiro atoms. The zero-order chi connectivity index (χ0) is 14.0. The summed E-state index contributed by atoms with van der Waals surface area (Å²) in [6.45, 7) is 5.04. The molecule has 6 nitrogen and oxygen atoms in total. The fourth-order valence-electron chi connectivity index (χ4n) is 1.12. The highest BCUT2D eigenvalue weighted by atomic mass is 31.0. The quantitative estimate of drug-likeness (QED) is 0.394. The number of nitrogens with two attached hydrogens (primary N) is 1. The molecule has 0 aliphatic rings. The Morgan fingerprint density at radius 3 is 2.67 bits per heavy atom. The second-order valence-electron chi connectivity index (χ2n) is 4.23. The lowest BCUT2D eigenvalue weighted by molar-refractivity contribution is -0.0858. The molecule has 0 aromatic carbocycles. The van der Waals surface area contributed by atoms with Gasteiger partial charge in [-0.05, 0) is 13.8 Å². The van der Waals surface area contributed by atoms with Gasteiger partial charge in [0.15, 0.2) is 0 Å². The molecule has 0 aromatic heterocycles. The molecule has 0 aliphatic heterocycles. The van der Waals surface area contributed by atoms with Gasteiger partial charge in [0, 0.05) is 6.54 Å². The summed E-state index contributed by atoms with van der Waals surface area (Å²) in [4.78, 5) is 10.5. The molecule has 0 saturated carbocycles. The SMILES string of the molecule is CC(C)(OCCOCCNP)C(F)CNC(N)=O. The third-order valence-corrected chi connectivity index (χ3v) is 2.59. The number of halogens is 1. The van der Waals surface area contributed by atoms with Crippen LogP contribution in [0.2, 0.25) is 0 Å². The van der Waals surface area contributed by atoms with Crippen molar-refractivity contribution in [3.05, 3.63) is 0 Å². The molecule has 4 N–H and O–H groups in total. The summed E-state index contributed by atoms with van der Waals surface area (Å²) in [6, 6.07) is -0.748. The van der Waals surface area contributed by atoms with Crippen molar-refractivity contribution in [1.29, 1.82) is 0 Å². The average molecular weight is 283 g/mol. The number of amides is 2. The molecule has 0 aliphatic carbocycles. The van der Waals surface area contributed by atoms with Gasteiger partial charge in [0.25, 0.3) is 0 Å². The predicted octanol–water partition coefficient (Wildman–Crippen LogP) is 0.184. The molecule has 0 saturated heterocycles. The first-order chi connectivity index (χ1) is 8.40. The predicted molar refractivity (Wildman–Crippen MR) is 71.0 cm³/mol. The molecule has 0 bridgehead atoms. The van der Waals surface area contributed by atoms with Gasteiger partial charge in [-0.25, -0.2) is 9.18 Å². The number of hydrogen-bond donors (Lipinski definition) is 3. The van der Waals surface area contributed by atoms with Gasteiger partial charge in [-0.15, -0.1) is 0 Å². The maximum atomic E-state index is 13.7. The second-order valence-corrected chi connectivity index (χ2v) is 4.64. The van der Waals surface area contributed by atoms with Gasteiger partial charge >= 0.3 is 6.03 Å². The Kier molecular flexibility index (Phi) is 9.18. The summed E-state index contributed by atoms with van der Waals surface area (Å²) < 4.78 is 24.3. The largest absolute Gasteiger partial charge is 0.378 e. The Hall–Kier alpha value is -0.490. The highest BCUT2D eigenvalue weighted by molar-refractivity contribution is 7.13. The third kappa shape index (κ3) is 8.58. The molecule has 8 heteroatoms. The van der Waals surface area contributed by atoms with Gasteiger partial charge in [-0.3, -0.25) is 5.09 Å². The van der Waals surface area contributed by atoms with E-state index in [0.717, 1.165) is 6.54 Å². The van der Waals surface area contributed by atoms with E-state index in [9.17, 15) is 9.18 Å². The maximum absolute atomic E-state index is 13.7. The Bertz CT molecular complexity index is 244. The smallest absolute Gasteiger partial charge is 0.312 e. The van der Waals surface area contributed by atoms with E-state index < -0.39 is 17.8 Å². The minimum atomic E-state index is -1.33. The topological polar surface area (TPSA) is 85.6 Å². The number of rotatable bonds is 10. The number of alkyl halides is 1. The highest BCUT2D eigenvalue weighted by Crippen LogP contribution is 2.17. The van der Waals surface area contributed by atoms with Gasteiger partial charge in [0.1, 0.15) is 6.17 Å². The van der Waals surface area contributed by atoms with Crippen molar-refractivity contribution in [1.82, 2.24) is 10.4 Å². The van der Waals surface area contributed by atoms with Gasteiger partial charge in [0.2, 0.25) is 0 Å². The van der Waals surface area contributed by atoms with Crippen LogP contribution in [0.3, 0.4) is 0 Å². The lowest BCUT2D eigenvalue weighted by Gasteiger charge is -2.29. The summed E-state index contributed by atoms with van der Waals surface area (Å²) in [7, 11) is 2.37. The van der Waals surface area contributed by atoms with Crippen molar-refractivity contribution < 1.29 is 18.7 Å². The van der Waals surface area contributed by atoms with E-state index >= 15 is 0 Å². The van der Waals surface area contributed by atoms with E-state index in [0.29, 0.717) is 19.8 Å². The van der Waals surface area contributed by atoms with Gasteiger partial charge in [-0.1, -0.05) is 9.39 Å². The molecule has 0 aromatic rings. The van der Waals surface area contributed by atoms with E-state index in [1.807, 2.05) is 0 Å². The van der Waals surface area contributed by atoms with Crippen molar-refractivity contribution >= 4 is 15.4 Å². The van der Waals surface area contributed by atoms with Crippen molar-refractivity contribution in [3.8, 4) is 0 Å². The molecule has 0 radical (unpaired) electrons. The molecule has 108 valence electrons. The Morgan fingerprint density at radius 2 is 2.11 bits per heavy atom. The van der Waals surface area contributed by atoms with E-state index in [2.05, 4.69) is 19.8 Å². The van der Waals surface area contributed by atoms with Crippen LogP contribution in [0.1, 0.15) is 13.8 Å². The molecule has 0 fully saturated rings. The van der Waals surface area contributed by atoms with Gasteiger partial charge in [-0.2, -0.15) is 0 Å². The van der Waals surface area contributed by atoms with Crippen LogP contribution in [-0.2, 0) is 9.47 Å². The Morgan fingerprint density at radius 1 is 1.44 bits per heavy atom. The summed E-state index contributed by atoms with van der Waals surface area (Å²) in [5, 5.41) is 5.07. The van der Waals surface area contributed by atoms with Crippen LogP contribution in [0.15, 0.2) is 0 Å². The van der Waals surface area contributed by atoms with Gasteiger partial charge < -0.3 is 20.5 Å². The molecular weight excluding hydrogens is 260 g/mol. The maximum Gasteiger partial charge on any atom is 0.312 e. The Labute approximate surface area is 109 Å². The number of urea groups is 1.